The standard InChI is InChI=1S/C13H21N3O2S/c1-4-10-6-8-19-12(10)13(17)16(9(2)3)7-5-11(14)15-18/h6,8-9,18H,4-5,7H2,1-3H3,(H2,14,15). The first-order valence-corrected chi connectivity index (χ1v) is 7.22. The van der Waals surface area contributed by atoms with Crippen LogP contribution >= 0.6 is 11.3 Å². The Hall–Kier alpha value is -1.56. The van der Waals surface area contributed by atoms with Gasteiger partial charge in [-0.15, -0.1) is 11.3 Å². The van der Waals surface area contributed by atoms with E-state index in [0.717, 1.165) is 16.9 Å². The average Bonchev–Trinajstić information content (AvgIpc) is 2.86. The quantitative estimate of drug-likeness (QED) is 0.364. The first-order chi connectivity index (χ1) is 9.01. The van der Waals surface area contributed by atoms with E-state index in [1.54, 1.807) is 4.90 Å². The fraction of sp³-hybridized carbons (Fsp3) is 0.538. The lowest BCUT2D eigenvalue weighted by Gasteiger charge is -2.26. The monoisotopic (exact) mass is 283 g/mol. The van der Waals surface area contributed by atoms with E-state index in [4.69, 9.17) is 10.9 Å². The summed E-state index contributed by atoms with van der Waals surface area (Å²) < 4.78 is 0. The highest BCUT2D eigenvalue weighted by Gasteiger charge is 2.22. The molecule has 0 unspecified atom stereocenters. The van der Waals surface area contributed by atoms with Gasteiger partial charge in [-0.2, -0.15) is 0 Å². The molecule has 0 aliphatic rings. The maximum Gasteiger partial charge on any atom is 0.264 e. The SMILES string of the molecule is CCc1ccsc1C(=O)N(CCC(N)=NO)C(C)C. The summed E-state index contributed by atoms with van der Waals surface area (Å²) in [6.07, 6.45) is 1.21. The number of carbonyl (C=O) groups is 1. The maximum absolute atomic E-state index is 12.5. The number of amidine groups is 1. The smallest absolute Gasteiger partial charge is 0.264 e. The summed E-state index contributed by atoms with van der Waals surface area (Å²) in [7, 11) is 0. The second-order valence-electron chi connectivity index (χ2n) is 4.56. The summed E-state index contributed by atoms with van der Waals surface area (Å²) in [5.74, 6) is 0.160. The molecule has 0 bridgehead atoms. The van der Waals surface area contributed by atoms with Crippen molar-refractivity contribution in [1.29, 1.82) is 0 Å². The summed E-state index contributed by atoms with van der Waals surface area (Å²) in [6, 6.07) is 2.06. The number of amides is 1. The lowest BCUT2D eigenvalue weighted by atomic mass is 10.1. The van der Waals surface area contributed by atoms with Crippen LogP contribution in [0.3, 0.4) is 0 Å². The second-order valence-corrected chi connectivity index (χ2v) is 5.48. The Morgan fingerprint density at radius 3 is 2.79 bits per heavy atom. The summed E-state index contributed by atoms with van der Waals surface area (Å²) >= 11 is 1.47. The lowest BCUT2D eigenvalue weighted by molar-refractivity contribution is 0.0715. The van der Waals surface area contributed by atoms with Crippen LogP contribution in [0.25, 0.3) is 0 Å². The van der Waals surface area contributed by atoms with Crippen molar-refractivity contribution in [2.45, 2.75) is 39.7 Å². The lowest BCUT2D eigenvalue weighted by Crippen LogP contribution is -2.39. The molecule has 0 saturated heterocycles. The highest BCUT2D eigenvalue weighted by Crippen LogP contribution is 2.20. The Morgan fingerprint density at radius 2 is 2.26 bits per heavy atom. The van der Waals surface area contributed by atoms with E-state index in [2.05, 4.69) is 5.16 Å². The number of nitrogens with two attached hydrogens (primary N) is 1. The number of aryl methyl sites for hydroxylation is 1. The van der Waals surface area contributed by atoms with E-state index in [9.17, 15) is 4.79 Å². The Kier molecular flexibility index (Phi) is 5.82. The molecule has 1 amide bonds. The molecule has 1 heterocycles. The molecule has 3 N–H and O–H groups in total. The third kappa shape index (κ3) is 3.96. The minimum atomic E-state index is 0.0209. The molecule has 0 radical (unpaired) electrons. The van der Waals surface area contributed by atoms with Gasteiger partial charge in [-0.1, -0.05) is 12.1 Å². The number of hydrogen-bond donors (Lipinski definition) is 2. The Balaban J connectivity index is 2.84. The normalized spacial score (nSPS) is 11.9. The van der Waals surface area contributed by atoms with Crippen molar-refractivity contribution in [3.8, 4) is 0 Å². The highest BCUT2D eigenvalue weighted by atomic mass is 32.1. The van der Waals surface area contributed by atoms with E-state index in [1.807, 2.05) is 32.2 Å². The van der Waals surface area contributed by atoms with Crippen molar-refractivity contribution < 1.29 is 10.0 Å². The first kappa shape index (κ1) is 15.5. The number of nitrogens with zero attached hydrogens (tertiary/aromatic N) is 2. The Bertz CT molecular complexity index is 454. The van der Waals surface area contributed by atoms with Gasteiger partial charge in [0.2, 0.25) is 0 Å². The first-order valence-electron chi connectivity index (χ1n) is 6.35. The molecule has 5 nitrogen and oxygen atoms in total. The molecule has 0 aliphatic carbocycles. The Morgan fingerprint density at radius 1 is 1.58 bits per heavy atom. The van der Waals surface area contributed by atoms with Crippen LogP contribution in [0, 0.1) is 0 Å². The molecule has 106 valence electrons. The number of rotatable bonds is 6. The Labute approximate surface area is 117 Å². The molecule has 1 aromatic rings. The van der Waals surface area contributed by atoms with Crippen molar-refractivity contribution in [2.24, 2.45) is 10.9 Å². The van der Waals surface area contributed by atoms with Gasteiger partial charge in [0.15, 0.2) is 0 Å². The predicted molar refractivity (Wildman–Crippen MR) is 77.9 cm³/mol. The van der Waals surface area contributed by atoms with Crippen molar-refractivity contribution in [1.82, 2.24) is 4.90 Å². The van der Waals surface area contributed by atoms with Gasteiger partial charge in [-0.05, 0) is 37.3 Å². The summed E-state index contributed by atoms with van der Waals surface area (Å²) in [5, 5.41) is 13.4. The molecule has 0 atom stereocenters. The van der Waals surface area contributed by atoms with E-state index < -0.39 is 0 Å². The summed E-state index contributed by atoms with van der Waals surface area (Å²) in [6.45, 7) is 6.41. The zero-order valence-corrected chi connectivity index (χ0v) is 12.4. The number of hydrogen-bond acceptors (Lipinski definition) is 4. The number of carbonyl (C=O) groups excluding carboxylic acids is 1. The van der Waals surface area contributed by atoms with E-state index in [1.165, 1.54) is 11.3 Å². The molecule has 0 fully saturated rings. The fourth-order valence-electron chi connectivity index (χ4n) is 1.81. The fourth-order valence-corrected chi connectivity index (χ4v) is 2.76. The minimum Gasteiger partial charge on any atom is -0.409 e. The number of oxime groups is 1. The van der Waals surface area contributed by atoms with Crippen molar-refractivity contribution >= 4 is 23.1 Å². The summed E-state index contributed by atoms with van der Waals surface area (Å²) in [4.78, 5) is 15.1. The van der Waals surface area contributed by atoms with Crippen molar-refractivity contribution in [2.75, 3.05) is 6.54 Å². The predicted octanol–water partition coefficient (Wildman–Crippen LogP) is 2.30. The largest absolute Gasteiger partial charge is 0.409 e. The molecule has 6 heteroatoms. The number of thiophene rings is 1. The molecule has 1 aromatic heterocycles. The molecule has 0 aliphatic heterocycles. The molecule has 0 spiro atoms. The van der Waals surface area contributed by atoms with Gasteiger partial charge in [-0.3, -0.25) is 4.79 Å². The van der Waals surface area contributed by atoms with E-state index in [-0.39, 0.29) is 17.8 Å². The van der Waals surface area contributed by atoms with E-state index >= 15 is 0 Å². The van der Waals surface area contributed by atoms with Gasteiger partial charge in [0.25, 0.3) is 5.91 Å². The van der Waals surface area contributed by atoms with Gasteiger partial charge < -0.3 is 15.8 Å². The molecule has 0 saturated carbocycles. The maximum atomic E-state index is 12.5. The van der Waals surface area contributed by atoms with Crippen LogP contribution in [0.2, 0.25) is 0 Å². The van der Waals surface area contributed by atoms with Gasteiger partial charge >= 0.3 is 0 Å². The van der Waals surface area contributed by atoms with Gasteiger partial charge in [0.1, 0.15) is 5.84 Å². The molecule has 1 rings (SSSR count). The molecular weight excluding hydrogens is 262 g/mol. The van der Waals surface area contributed by atoms with Crippen LogP contribution in [-0.2, 0) is 6.42 Å². The van der Waals surface area contributed by atoms with Crippen molar-refractivity contribution in [3.05, 3.63) is 21.9 Å². The van der Waals surface area contributed by atoms with Crippen LogP contribution in [0.5, 0.6) is 0 Å². The van der Waals surface area contributed by atoms with Crippen LogP contribution in [0.1, 0.15) is 42.4 Å². The van der Waals surface area contributed by atoms with Gasteiger partial charge in [-0.25, -0.2) is 0 Å². The van der Waals surface area contributed by atoms with Crippen LogP contribution in [0.4, 0.5) is 0 Å². The molecule has 19 heavy (non-hydrogen) atoms. The zero-order chi connectivity index (χ0) is 14.4. The zero-order valence-electron chi connectivity index (χ0n) is 11.6. The molecular formula is C13H21N3O2S. The van der Waals surface area contributed by atoms with Gasteiger partial charge in [0, 0.05) is 19.0 Å². The van der Waals surface area contributed by atoms with E-state index in [0.29, 0.717) is 13.0 Å². The molecule has 0 aromatic carbocycles. The second kappa shape index (κ2) is 7.13. The minimum absolute atomic E-state index is 0.0209. The van der Waals surface area contributed by atoms with Crippen LogP contribution in [0.15, 0.2) is 16.6 Å². The topological polar surface area (TPSA) is 78.9 Å². The van der Waals surface area contributed by atoms with Crippen LogP contribution < -0.4 is 5.73 Å². The highest BCUT2D eigenvalue weighted by molar-refractivity contribution is 7.12. The summed E-state index contributed by atoms with van der Waals surface area (Å²) in [5.41, 5.74) is 6.53. The average molecular weight is 283 g/mol. The third-order valence-corrected chi connectivity index (χ3v) is 3.89. The van der Waals surface area contributed by atoms with Crippen molar-refractivity contribution in [3.63, 3.8) is 0 Å². The van der Waals surface area contributed by atoms with Crippen LogP contribution in [-0.4, -0.2) is 34.4 Å². The third-order valence-electron chi connectivity index (χ3n) is 2.94. The van der Waals surface area contributed by atoms with Gasteiger partial charge in [0.05, 0.1) is 4.88 Å².